The van der Waals surface area contributed by atoms with Gasteiger partial charge in [0.05, 0.1) is 23.1 Å². The molecule has 2 saturated heterocycles. The second kappa shape index (κ2) is 11.1. The zero-order valence-electron chi connectivity index (χ0n) is 25.0. The van der Waals surface area contributed by atoms with Crippen molar-refractivity contribution >= 4 is 35.5 Å². The van der Waals surface area contributed by atoms with Gasteiger partial charge in [-0.2, -0.15) is 0 Å². The highest BCUT2D eigenvalue weighted by Gasteiger charge is 2.60. The molecule has 0 radical (unpaired) electrons. The van der Waals surface area contributed by atoms with Crippen LogP contribution in [-0.2, 0) is 20.4 Å². The first-order valence-corrected chi connectivity index (χ1v) is 17.5. The smallest absolute Gasteiger partial charge is 0.261 e. The SMILES string of the molecule is CC1=N[C@@H]2[C@H]3OC(C)(C)O[C@@H]3[C@@H](CO[Si](c3ccccc3)(c3ccccc3)C(C)(C)C)N(Cc3ccccc3)[C@@H]2S1. The molecule has 2 fully saturated rings. The fraction of sp³-hybridized carbons (Fsp3) is 0.441. The molecule has 216 valence electrons. The van der Waals surface area contributed by atoms with Gasteiger partial charge in [-0.15, -0.1) is 0 Å². The fourth-order valence-corrected chi connectivity index (χ4v) is 12.8. The summed E-state index contributed by atoms with van der Waals surface area (Å²) in [5.74, 6) is -0.672. The van der Waals surface area contributed by atoms with E-state index in [1.165, 1.54) is 15.9 Å². The van der Waals surface area contributed by atoms with Gasteiger partial charge in [0, 0.05) is 6.54 Å². The van der Waals surface area contributed by atoms with Gasteiger partial charge in [-0.05, 0) is 41.7 Å². The normalized spacial score (nSPS) is 27.8. The molecular formula is C34H42N2O3SSi. The van der Waals surface area contributed by atoms with E-state index in [0.717, 1.165) is 11.6 Å². The van der Waals surface area contributed by atoms with E-state index in [4.69, 9.17) is 18.9 Å². The second-order valence-electron chi connectivity index (χ2n) is 12.9. The first-order valence-electron chi connectivity index (χ1n) is 14.7. The summed E-state index contributed by atoms with van der Waals surface area (Å²) in [6, 6.07) is 32.6. The number of rotatable bonds is 7. The number of piperidine rings is 1. The molecule has 0 bridgehead atoms. The van der Waals surface area contributed by atoms with Gasteiger partial charge in [0.2, 0.25) is 0 Å². The van der Waals surface area contributed by atoms with Gasteiger partial charge in [-0.1, -0.05) is 124 Å². The van der Waals surface area contributed by atoms with Crippen molar-refractivity contribution in [2.45, 2.75) is 88.6 Å². The quantitative estimate of drug-likeness (QED) is 0.326. The molecule has 3 aromatic rings. The zero-order chi connectivity index (χ0) is 28.8. The number of benzene rings is 3. The van der Waals surface area contributed by atoms with Gasteiger partial charge in [0.25, 0.3) is 8.32 Å². The van der Waals surface area contributed by atoms with Crippen molar-refractivity contribution in [1.29, 1.82) is 0 Å². The Morgan fingerprint density at radius 2 is 1.39 bits per heavy atom. The summed E-state index contributed by atoms with van der Waals surface area (Å²) in [6.07, 6.45) is -0.261. The molecule has 5 nitrogen and oxygen atoms in total. The number of nitrogens with zero attached hydrogens (tertiary/aromatic N) is 2. The van der Waals surface area contributed by atoms with Crippen LogP contribution in [0.3, 0.4) is 0 Å². The number of likely N-dealkylation sites (tertiary alicyclic amines) is 1. The van der Waals surface area contributed by atoms with Crippen LogP contribution in [0, 0.1) is 0 Å². The number of hydrogen-bond acceptors (Lipinski definition) is 6. The molecule has 41 heavy (non-hydrogen) atoms. The Morgan fingerprint density at radius 3 is 1.95 bits per heavy atom. The summed E-state index contributed by atoms with van der Waals surface area (Å²) >= 11 is 1.86. The van der Waals surface area contributed by atoms with Crippen LogP contribution in [0.4, 0.5) is 0 Å². The molecule has 0 amide bonds. The average molecular weight is 587 g/mol. The van der Waals surface area contributed by atoms with E-state index in [1.807, 2.05) is 25.6 Å². The topological polar surface area (TPSA) is 43.3 Å². The summed E-state index contributed by atoms with van der Waals surface area (Å²) < 4.78 is 20.9. The highest BCUT2D eigenvalue weighted by molar-refractivity contribution is 8.14. The Labute approximate surface area is 250 Å². The third kappa shape index (κ3) is 5.37. The molecule has 3 heterocycles. The van der Waals surface area contributed by atoms with Gasteiger partial charge < -0.3 is 13.9 Å². The summed E-state index contributed by atoms with van der Waals surface area (Å²) in [6.45, 7) is 14.5. The lowest BCUT2D eigenvalue weighted by atomic mass is 9.92. The van der Waals surface area contributed by atoms with Gasteiger partial charge in [0.15, 0.2) is 5.79 Å². The maximum atomic E-state index is 7.54. The predicted octanol–water partition coefficient (Wildman–Crippen LogP) is 5.83. The standard InChI is InChI=1S/C34H42N2O3SSi/c1-24-35-29-31-30(38-34(5,6)39-31)28(36(32(29)40-24)22-25-16-10-7-11-17-25)23-37-41(33(2,3)4,26-18-12-8-13-19-26)27-20-14-9-15-21-27/h7-21,28-32H,22-23H2,1-6H3/t28-,29-,30-,31-,32-/m1/s1. The van der Waals surface area contributed by atoms with Crippen LogP contribution in [-0.4, -0.2) is 60.3 Å². The van der Waals surface area contributed by atoms with Crippen LogP contribution >= 0.6 is 11.8 Å². The van der Waals surface area contributed by atoms with Crippen molar-refractivity contribution in [2.24, 2.45) is 4.99 Å². The van der Waals surface area contributed by atoms with Crippen molar-refractivity contribution in [3.8, 4) is 0 Å². The number of thioether (sulfide) groups is 1. The monoisotopic (exact) mass is 586 g/mol. The Balaban J connectivity index is 1.43. The van der Waals surface area contributed by atoms with Crippen molar-refractivity contribution in [3.05, 3.63) is 96.6 Å². The summed E-state index contributed by atoms with van der Waals surface area (Å²) in [4.78, 5) is 7.68. The zero-order valence-corrected chi connectivity index (χ0v) is 26.8. The molecule has 0 aromatic heterocycles. The van der Waals surface area contributed by atoms with Crippen LogP contribution < -0.4 is 10.4 Å². The molecule has 0 saturated carbocycles. The fourth-order valence-electron chi connectivity index (χ4n) is 6.97. The molecular weight excluding hydrogens is 545 g/mol. The minimum absolute atomic E-state index is 0.00141. The van der Waals surface area contributed by atoms with Gasteiger partial charge in [-0.3, -0.25) is 9.89 Å². The highest BCUT2D eigenvalue weighted by Crippen LogP contribution is 2.47. The van der Waals surface area contributed by atoms with E-state index in [-0.39, 0.29) is 34.7 Å². The van der Waals surface area contributed by atoms with Crippen molar-refractivity contribution in [3.63, 3.8) is 0 Å². The predicted molar refractivity (Wildman–Crippen MR) is 171 cm³/mol. The minimum atomic E-state index is -2.74. The van der Waals surface area contributed by atoms with Gasteiger partial charge >= 0.3 is 0 Å². The average Bonchev–Trinajstić information content (AvgIpc) is 3.50. The molecule has 6 rings (SSSR count). The van der Waals surface area contributed by atoms with Crippen LogP contribution in [0.1, 0.15) is 47.1 Å². The second-order valence-corrected chi connectivity index (χ2v) is 18.5. The van der Waals surface area contributed by atoms with Crippen molar-refractivity contribution < 1.29 is 13.9 Å². The van der Waals surface area contributed by atoms with E-state index < -0.39 is 14.1 Å². The largest absolute Gasteiger partial charge is 0.406 e. The molecule has 0 spiro atoms. The third-order valence-electron chi connectivity index (χ3n) is 8.64. The van der Waals surface area contributed by atoms with Crippen LogP contribution in [0.15, 0.2) is 96.0 Å². The molecule has 0 aliphatic carbocycles. The molecule has 3 aliphatic heterocycles. The number of hydrogen-bond donors (Lipinski definition) is 0. The van der Waals surface area contributed by atoms with Crippen LogP contribution in [0.2, 0.25) is 5.04 Å². The summed E-state index contributed by atoms with van der Waals surface area (Å²) in [5.41, 5.74) is 1.28. The Kier molecular flexibility index (Phi) is 7.81. The molecule has 3 aliphatic rings. The molecule has 7 heteroatoms. The number of aliphatic imine (C=N–C) groups is 1. The van der Waals surface area contributed by atoms with Crippen molar-refractivity contribution in [1.82, 2.24) is 4.90 Å². The summed E-state index contributed by atoms with van der Waals surface area (Å²) in [5, 5.41) is 3.75. The van der Waals surface area contributed by atoms with E-state index in [0.29, 0.717) is 6.61 Å². The Morgan fingerprint density at radius 1 is 0.854 bits per heavy atom. The Hall–Kier alpha value is -2.26. The highest BCUT2D eigenvalue weighted by atomic mass is 32.2. The lowest BCUT2D eigenvalue weighted by Crippen LogP contribution is -2.69. The molecule has 0 N–H and O–H groups in total. The van der Waals surface area contributed by atoms with Crippen LogP contribution in [0.25, 0.3) is 0 Å². The molecule has 3 aromatic carbocycles. The maximum Gasteiger partial charge on any atom is 0.261 e. The molecule has 5 atom stereocenters. The number of fused-ring (bicyclic) bond motifs is 3. The van der Waals surface area contributed by atoms with E-state index in [9.17, 15) is 0 Å². The van der Waals surface area contributed by atoms with Crippen LogP contribution in [0.5, 0.6) is 0 Å². The number of ether oxygens (including phenoxy) is 2. The maximum absolute atomic E-state index is 7.54. The lowest BCUT2D eigenvalue weighted by Gasteiger charge is -2.49. The summed E-state index contributed by atoms with van der Waals surface area (Å²) in [7, 11) is -2.74. The lowest BCUT2D eigenvalue weighted by molar-refractivity contribution is -0.150. The van der Waals surface area contributed by atoms with Crippen molar-refractivity contribution in [2.75, 3.05) is 6.61 Å². The first kappa shape index (κ1) is 28.8. The third-order valence-corrected chi connectivity index (χ3v) is 14.9. The Bertz CT molecular complexity index is 1320. The van der Waals surface area contributed by atoms with Gasteiger partial charge in [0.1, 0.15) is 18.2 Å². The van der Waals surface area contributed by atoms with E-state index in [2.05, 4.69) is 124 Å². The van der Waals surface area contributed by atoms with E-state index >= 15 is 0 Å². The van der Waals surface area contributed by atoms with E-state index in [1.54, 1.807) is 0 Å². The first-order chi connectivity index (χ1) is 19.6. The van der Waals surface area contributed by atoms with Gasteiger partial charge in [-0.25, -0.2) is 0 Å². The minimum Gasteiger partial charge on any atom is -0.406 e. The molecule has 0 unspecified atom stereocenters.